The molecular weight excluding hydrogens is 328 g/mol. The van der Waals surface area contributed by atoms with Gasteiger partial charge < -0.3 is 15.5 Å². The second-order valence-electron chi connectivity index (χ2n) is 8.19. The number of hydrogen-bond donors (Lipinski definition) is 1. The maximum absolute atomic E-state index is 12.8. The van der Waals surface area contributed by atoms with Crippen molar-refractivity contribution in [1.82, 2.24) is 9.80 Å². The molecule has 1 aromatic carbocycles. The summed E-state index contributed by atoms with van der Waals surface area (Å²) in [6.07, 6.45) is 3.87. The standard InChI is InChI=1S/C20H29N4O2/c1-20(2,11-13-22(3)4)14-7-9-15(10-8-14)24-17(18(21)25)16-6-5-12-23(16)19(24)26/h6-10,16-17H,5,11-13H2,1-4H3,(H2,21,25)/t16-,17?/m1/s1. The van der Waals surface area contributed by atoms with Gasteiger partial charge >= 0.3 is 6.03 Å². The zero-order valence-electron chi connectivity index (χ0n) is 16.1. The SMILES string of the molecule is CN(C)CCC(C)(C)c1ccc(N2C(=O)N3CC[CH][C@@H]3C2C(N)=O)cc1. The Morgan fingerprint density at radius 2 is 1.92 bits per heavy atom. The monoisotopic (exact) mass is 357 g/mol. The number of nitrogens with zero attached hydrogens (tertiary/aromatic N) is 3. The summed E-state index contributed by atoms with van der Waals surface area (Å²) in [5.74, 6) is -0.459. The summed E-state index contributed by atoms with van der Waals surface area (Å²) in [6, 6.07) is 7.01. The Hall–Kier alpha value is -2.08. The van der Waals surface area contributed by atoms with E-state index in [0.29, 0.717) is 6.54 Å². The first-order chi connectivity index (χ1) is 12.2. The minimum absolute atomic E-state index is 0.0364. The summed E-state index contributed by atoms with van der Waals surface area (Å²) in [7, 11) is 4.15. The van der Waals surface area contributed by atoms with Crippen molar-refractivity contribution in [1.29, 1.82) is 0 Å². The Bertz CT molecular complexity index is 684. The number of hydrogen-bond acceptors (Lipinski definition) is 3. The minimum Gasteiger partial charge on any atom is -0.368 e. The van der Waals surface area contributed by atoms with Gasteiger partial charge in [0.1, 0.15) is 6.04 Å². The van der Waals surface area contributed by atoms with Crippen molar-refractivity contribution >= 4 is 17.6 Å². The maximum atomic E-state index is 12.8. The van der Waals surface area contributed by atoms with Gasteiger partial charge in [0.15, 0.2) is 0 Å². The third kappa shape index (κ3) is 3.30. The van der Waals surface area contributed by atoms with Crippen molar-refractivity contribution in [2.45, 2.75) is 44.2 Å². The topological polar surface area (TPSA) is 69.9 Å². The maximum Gasteiger partial charge on any atom is 0.325 e. The lowest BCUT2D eigenvalue weighted by Gasteiger charge is -2.28. The predicted octanol–water partition coefficient (Wildman–Crippen LogP) is 1.99. The number of urea groups is 1. The highest BCUT2D eigenvalue weighted by Crippen LogP contribution is 2.36. The Balaban J connectivity index is 1.83. The zero-order valence-corrected chi connectivity index (χ0v) is 16.1. The van der Waals surface area contributed by atoms with Crippen LogP contribution in [0.1, 0.15) is 32.3 Å². The predicted molar refractivity (Wildman–Crippen MR) is 103 cm³/mol. The molecule has 2 saturated heterocycles. The fraction of sp³-hybridized carbons (Fsp3) is 0.550. The van der Waals surface area contributed by atoms with Crippen LogP contribution in [0.5, 0.6) is 0 Å². The van der Waals surface area contributed by atoms with E-state index in [1.54, 1.807) is 9.80 Å². The van der Waals surface area contributed by atoms with Crippen LogP contribution in [0.2, 0.25) is 0 Å². The highest BCUT2D eigenvalue weighted by atomic mass is 16.2. The fourth-order valence-corrected chi connectivity index (χ4v) is 3.88. The molecule has 2 N–H and O–H groups in total. The van der Waals surface area contributed by atoms with Crippen molar-refractivity contribution in [3.63, 3.8) is 0 Å². The van der Waals surface area contributed by atoms with Crippen molar-refractivity contribution in [3.05, 3.63) is 36.2 Å². The van der Waals surface area contributed by atoms with E-state index < -0.39 is 11.9 Å². The summed E-state index contributed by atoms with van der Waals surface area (Å²) < 4.78 is 0. The zero-order chi connectivity index (χ0) is 19.1. The lowest BCUT2D eigenvalue weighted by atomic mass is 9.81. The first kappa shape index (κ1) is 18.7. The van der Waals surface area contributed by atoms with Gasteiger partial charge in [-0.1, -0.05) is 26.0 Å². The lowest BCUT2D eigenvalue weighted by molar-refractivity contribution is -0.119. The first-order valence-corrected chi connectivity index (χ1v) is 9.20. The van der Waals surface area contributed by atoms with Gasteiger partial charge in [0.2, 0.25) is 5.91 Å². The Morgan fingerprint density at radius 3 is 2.50 bits per heavy atom. The number of anilines is 1. The number of carbonyl (C=O) groups is 2. The molecule has 6 nitrogen and oxygen atoms in total. The molecule has 1 unspecified atom stereocenters. The van der Waals surface area contributed by atoms with Crippen molar-refractivity contribution in [2.24, 2.45) is 5.73 Å². The molecule has 0 aliphatic carbocycles. The summed E-state index contributed by atoms with van der Waals surface area (Å²) in [4.78, 5) is 30.3. The molecule has 26 heavy (non-hydrogen) atoms. The molecule has 3 amide bonds. The summed E-state index contributed by atoms with van der Waals surface area (Å²) in [6.45, 7) is 6.11. The fourth-order valence-electron chi connectivity index (χ4n) is 3.88. The van der Waals surface area contributed by atoms with Gasteiger partial charge in [-0.25, -0.2) is 4.79 Å². The molecule has 1 radical (unpaired) electrons. The molecular formula is C20H29N4O2. The van der Waals surface area contributed by atoms with Gasteiger partial charge in [-0.15, -0.1) is 0 Å². The molecule has 6 heteroatoms. The number of carbonyl (C=O) groups excluding carboxylic acids is 2. The van der Waals surface area contributed by atoms with E-state index in [1.165, 1.54) is 5.56 Å². The molecule has 2 aliphatic rings. The average Bonchev–Trinajstić information content (AvgIpc) is 3.15. The van der Waals surface area contributed by atoms with Crippen LogP contribution in [0.15, 0.2) is 24.3 Å². The van der Waals surface area contributed by atoms with E-state index in [1.807, 2.05) is 18.6 Å². The molecule has 2 heterocycles. The van der Waals surface area contributed by atoms with Gasteiger partial charge in [-0.05, 0) is 63.0 Å². The second kappa shape index (κ2) is 6.91. The van der Waals surface area contributed by atoms with E-state index in [0.717, 1.165) is 25.1 Å². The van der Waals surface area contributed by atoms with Crippen LogP contribution in [-0.4, -0.2) is 61.0 Å². The number of benzene rings is 1. The molecule has 0 bridgehead atoms. The average molecular weight is 357 g/mol. The van der Waals surface area contributed by atoms with Crippen LogP contribution in [0, 0.1) is 6.42 Å². The molecule has 1 aromatic rings. The molecule has 2 aliphatic heterocycles. The summed E-state index contributed by atoms with van der Waals surface area (Å²) >= 11 is 0. The molecule has 0 saturated carbocycles. The van der Waals surface area contributed by atoms with Gasteiger partial charge in [0.25, 0.3) is 0 Å². The van der Waals surface area contributed by atoms with Crippen molar-refractivity contribution in [3.8, 4) is 0 Å². The van der Waals surface area contributed by atoms with Crippen LogP contribution >= 0.6 is 0 Å². The summed E-state index contributed by atoms with van der Waals surface area (Å²) in [5, 5.41) is 0. The Labute approximate surface area is 155 Å². The molecule has 3 rings (SSSR count). The molecule has 0 aromatic heterocycles. The third-order valence-electron chi connectivity index (χ3n) is 5.59. The quantitative estimate of drug-likeness (QED) is 0.846. The van der Waals surface area contributed by atoms with E-state index in [9.17, 15) is 9.59 Å². The van der Waals surface area contributed by atoms with E-state index in [4.69, 9.17) is 5.73 Å². The van der Waals surface area contributed by atoms with Gasteiger partial charge in [0, 0.05) is 12.2 Å². The first-order valence-electron chi connectivity index (χ1n) is 9.20. The Kier molecular flexibility index (Phi) is 4.97. The highest BCUT2D eigenvalue weighted by Gasteiger charge is 2.51. The summed E-state index contributed by atoms with van der Waals surface area (Å²) in [5.41, 5.74) is 7.61. The molecule has 2 fully saturated rings. The number of primary amides is 1. The Morgan fingerprint density at radius 1 is 1.27 bits per heavy atom. The van der Waals surface area contributed by atoms with Crippen LogP contribution in [0.4, 0.5) is 10.5 Å². The lowest BCUT2D eigenvalue weighted by Crippen LogP contribution is -2.46. The van der Waals surface area contributed by atoms with Gasteiger partial charge in [-0.2, -0.15) is 0 Å². The van der Waals surface area contributed by atoms with Crippen molar-refractivity contribution in [2.75, 3.05) is 32.1 Å². The number of fused-ring (bicyclic) bond motifs is 1. The number of amides is 3. The van der Waals surface area contributed by atoms with Crippen LogP contribution in [-0.2, 0) is 10.2 Å². The van der Waals surface area contributed by atoms with Crippen LogP contribution in [0.25, 0.3) is 0 Å². The van der Waals surface area contributed by atoms with Crippen molar-refractivity contribution < 1.29 is 9.59 Å². The normalized spacial score (nSPS) is 23.0. The highest BCUT2D eigenvalue weighted by molar-refractivity contribution is 6.04. The second-order valence-corrected chi connectivity index (χ2v) is 8.19. The largest absolute Gasteiger partial charge is 0.368 e. The van der Waals surface area contributed by atoms with E-state index >= 15 is 0 Å². The smallest absolute Gasteiger partial charge is 0.325 e. The number of rotatable bonds is 6. The number of nitrogens with two attached hydrogens (primary N) is 1. The van der Waals surface area contributed by atoms with E-state index in [-0.39, 0.29) is 17.5 Å². The van der Waals surface area contributed by atoms with E-state index in [2.05, 4.69) is 45.0 Å². The molecule has 141 valence electrons. The van der Waals surface area contributed by atoms with Crippen LogP contribution < -0.4 is 10.6 Å². The van der Waals surface area contributed by atoms with Gasteiger partial charge in [-0.3, -0.25) is 9.69 Å². The van der Waals surface area contributed by atoms with Crippen LogP contribution in [0.3, 0.4) is 0 Å². The third-order valence-corrected chi connectivity index (χ3v) is 5.59. The molecule has 0 spiro atoms. The molecule has 2 atom stereocenters. The van der Waals surface area contributed by atoms with Gasteiger partial charge in [0.05, 0.1) is 6.04 Å². The minimum atomic E-state index is -0.627.